The van der Waals surface area contributed by atoms with Crippen LogP contribution in [0.4, 0.5) is 18.9 Å². The highest BCUT2D eigenvalue weighted by Gasteiger charge is 2.40. The number of hydrogen-bond acceptors (Lipinski definition) is 7. The molecule has 0 amide bonds. The molecule has 1 aromatic rings. The Morgan fingerprint density at radius 1 is 1.03 bits per heavy atom. The van der Waals surface area contributed by atoms with E-state index in [1.54, 1.807) is 5.01 Å². The van der Waals surface area contributed by atoms with E-state index in [4.69, 9.17) is 4.74 Å². The van der Waals surface area contributed by atoms with Gasteiger partial charge in [-0.25, -0.2) is 8.78 Å². The van der Waals surface area contributed by atoms with Crippen molar-refractivity contribution in [1.29, 1.82) is 0 Å². The lowest BCUT2D eigenvalue weighted by Crippen LogP contribution is -2.31. The minimum absolute atomic E-state index is 0.0380. The summed E-state index contributed by atoms with van der Waals surface area (Å²) in [4.78, 5) is 35.9. The second-order valence-corrected chi connectivity index (χ2v) is 7.84. The summed E-state index contributed by atoms with van der Waals surface area (Å²) in [5.41, 5.74) is -3.90. The minimum atomic E-state index is -1.98. The van der Waals surface area contributed by atoms with E-state index in [1.807, 2.05) is 20.8 Å². The molecule has 0 radical (unpaired) electrons. The van der Waals surface area contributed by atoms with E-state index >= 15 is 0 Å². The van der Waals surface area contributed by atoms with Crippen LogP contribution in [0, 0.1) is 40.4 Å². The maximum Gasteiger partial charge on any atom is 0.322 e. The predicted octanol–water partition coefficient (Wildman–Crippen LogP) is 5.35. The number of esters is 1. The topological polar surface area (TPSA) is 102 Å². The summed E-state index contributed by atoms with van der Waals surface area (Å²) in [5.74, 6) is -9.77. The first kappa shape index (κ1) is 29.1. The molecular formula is C23H32F3N3O5. The van der Waals surface area contributed by atoms with Crippen molar-refractivity contribution in [2.45, 2.75) is 66.2 Å². The van der Waals surface area contributed by atoms with Gasteiger partial charge in [0.15, 0.2) is 17.5 Å². The molecule has 0 saturated carbocycles. The van der Waals surface area contributed by atoms with Crippen molar-refractivity contribution in [1.82, 2.24) is 5.01 Å². The number of Topliss-reactive ketones (excluding diaryl/α,β-unsaturated/α-hetero) is 1. The number of carbonyl (C=O) groups excluding carboxylic acids is 2. The van der Waals surface area contributed by atoms with Gasteiger partial charge in [0.1, 0.15) is 11.4 Å². The molecule has 1 rings (SSSR count). The fraction of sp³-hybridized carbons (Fsp3) is 0.609. The summed E-state index contributed by atoms with van der Waals surface area (Å²) in [5, 5.41) is 17.2. The first-order valence-electron chi connectivity index (χ1n) is 11.4. The van der Waals surface area contributed by atoms with Gasteiger partial charge in [0.2, 0.25) is 5.82 Å². The van der Waals surface area contributed by atoms with Gasteiger partial charge in [0.05, 0.1) is 11.5 Å². The summed E-state index contributed by atoms with van der Waals surface area (Å²) < 4.78 is 48.2. The molecule has 34 heavy (non-hydrogen) atoms. The Kier molecular flexibility index (Phi) is 12.2. The molecule has 8 nitrogen and oxygen atoms in total. The molecule has 0 spiro atoms. The lowest BCUT2D eigenvalue weighted by Gasteiger charge is -2.20. The molecule has 0 aliphatic heterocycles. The number of nitrogens with zero attached hydrogens (tertiary/aromatic N) is 3. The molecule has 0 bridgehead atoms. The van der Waals surface area contributed by atoms with Crippen LogP contribution in [-0.2, 0) is 9.53 Å². The highest BCUT2D eigenvalue weighted by molar-refractivity contribution is 6.20. The smallest absolute Gasteiger partial charge is 0.322 e. The van der Waals surface area contributed by atoms with Gasteiger partial charge >= 0.3 is 11.7 Å². The summed E-state index contributed by atoms with van der Waals surface area (Å²) in [6, 6.07) is 0. The molecule has 190 valence electrons. The molecule has 0 heterocycles. The van der Waals surface area contributed by atoms with E-state index in [0.29, 0.717) is 25.9 Å². The van der Waals surface area contributed by atoms with E-state index in [9.17, 15) is 32.9 Å². The van der Waals surface area contributed by atoms with Gasteiger partial charge in [0, 0.05) is 24.9 Å². The number of halogens is 3. The number of nitro groups is 1. The monoisotopic (exact) mass is 487 g/mol. The van der Waals surface area contributed by atoms with Crippen molar-refractivity contribution >= 4 is 23.7 Å². The third kappa shape index (κ3) is 7.53. The average molecular weight is 488 g/mol. The Balaban J connectivity index is 3.52. The number of benzene rings is 1. The lowest BCUT2D eigenvalue weighted by molar-refractivity contribution is -0.388. The van der Waals surface area contributed by atoms with Crippen LogP contribution in [0.3, 0.4) is 0 Å². The van der Waals surface area contributed by atoms with E-state index in [2.05, 4.69) is 5.10 Å². The number of ether oxygens (including phenoxy) is 1. The molecular weight excluding hydrogens is 455 g/mol. The maximum atomic E-state index is 14.8. The SMILES string of the molecule is CCCCOC(=O)C(C=NN(CCCC)CCCC)C(=O)c1c(F)c(C)c(F)c(F)c1[N+](=O)[O-]. The second kappa shape index (κ2) is 14.3. The van der Waals surface area contributed by atoms with Gasteiger partial charge in [-0.05, 0) is 26.2 Å². The van der Waals surface area contributed by atoms with Crippen LogP contribution in [0.15, 0.2) is 5.10 Å². The minimum Gasteiger partial charge on any atom is -0.465 e. The highest BCUT2D eigenvalue weighted by atomic mass is 19.2. The number of rotatable bonds is 15. The molecule has 1 atom stereocenters. The zero-order valence-electron chi connectivity index (χ0n) is 20.0. The van der Waals surface area contributed by atoms with Gasteiger partial charge in [-0.2, -0.15) is 9.49 Å². The average Bonchev–Trinajstić information content (AvgIpc) is 2.80. The van der Waals surface area contributed by atoms with Gasteiger partial charge in [-0.15, -0.1) is 0 Å². The fourth-order valence-corrected chi connectivity index (χ4v) is 3.03. The van der Waals surface area contributed by atoms with Crippen molar-refractivity contribution in [3.05, 3.63) is 38.7 Å². The fourth-order valence-electron chi connectivity index (χ4n) is 3.03. The molecule has 0 aliphatic rings. The summed E-state index contributed by atoms with van der Waals surface area (Å²) in [7, 11) is 0. The second-order valence-electron chi connectivity index (χ2n) is 7.84. The first-order chi connectivity index (χ1) is 16.1. The van der Waals surface area contributed by atoms with Gasteiger partial charge < -0.3 is 4.74 Å². The number of ketones is 1. The maximum absolute atomic E-state index is 14.8. The van der Waals surface area contributed by atoms with Gasteiger partial charge in [-0.3, -0.25) is 24.7 Å². The van der Waals surface area contributed by atoms with Crippen LogP contribution in [0.25, 0.3) is 0 Å². The van der Waals surface area contributed by atoms with Crippen LogP contribution in [0.1, 0.15) is 75.2 Å². The van der Waals surface area contributed by atoms with E-state index in [-0.39, 0.29) is 6.61 Å². The van der Waals surface area contributed by atoms with Gasteiger partial charge in [-0.1, -0.05) is 40.0 Å². The number of hydrogen-bond donors (Lipinski definition) is 0. The van der Waals surface area contributed by atoms with E-state index in [0.717, 1.165) is 38.8 Å². The Bertz CT molecular complexity index is 901. The van der Waals surface area contributed by atoms with Crippen LogP contribution in [-0.4, -0.2) is 47.6 Å². The third-order valence-corrected chi connectivity index (χ3v) is 5.14. The third-order valence-electron chi connectivity index (χ3n) is 5.14. The summed E-state index contributed by atoms with van der Waals surface area (Å²) >= 11 is 0. The zero-order chi connectivity index (χ0) is 25.8. The standard InChI is InChI=1S/C23H32F3N3O5/c1-5-8-11-28(12-9-6-2)27-14-16(23(31)34-13-10-7-3)22(30)17-18(24)15(4)19(25)20(26)21(17)29(32)33/h14,16H,5-13H2,1-4H3. The molecule has 11 heteroatoms. The molecule has 1 aromatic carbocycles. The number of nitro benzene ring substituents is 1. The number of unbranched alkanes of at least 4 members (excludes halogenated alkanes) is 3. The van der Waals surface area contributed by atoms with Crippen molar-refractivity contribution in [3.63, 3.8) is 0 Å². The predicted molar refractivity (Wildman–Crippen MR) is 121 cm³/mol. The van der Waals surface area contributed by atoms with Crippen molar-refractivity contribution in [2.24, 2.45) is 11.0 Å². The van der Waals surface area contributed by atoms with E-state index < -0.39 is 56.9 Å². The van der Waals surface area contributed by atoms with E-state index in [1.165, 1.54) is 0 Å². The Labute approximate surface area is 197 Å². The van der Waals surface area contributed by atoms with Crippen molar-refractivity contribution in [3.8, 4) is 0 Å². The molecule has 0 aliphatic carbocycles. The Hall–Kier alpha value is -2.98. The summed E-state index contributed by atoms with van der Waals surface area (Å²) in [6.45, 7) is 7.66. The van der Waals surface area contributed by atoms with Crippen LogP contribution >= 0.6 is 0 Å². The van der Waals surface area contributed by atoms with Crippen LogP contribution in [0.2, 0.25) is 0 Å². The van der Waals surface area contributed by atoms with Crippen molar-refractivity contribution in [2.75, 3.05) is 19.7 Å². The molecule has 1 unspecified atom stereocenters. The lowest BCUT2D eigenvalue weighted by atomic mass is 9.94. The molecule has 0 N–H and O–H groups in total. The Morgan fingerprint density at radius 3 is 2.09 bits per heavy atom. The largest absolute Gasteiger partial charge is 0.465 e. The summed E-state index contributed by atoms with van der Waals surface area (Å²) in [6.07, 6.45) is 5.40. The number of hydrazone groups is 1. The van der Waals surface area contributed by atoms with Crippen molar-refractivity contribution < 1.29 is 32.4 Å². The molecule has 0 fully saturated rings. The normalized spacial score (nSPS) is 12.1. The molecule has 0 saturated heterocycles. The first-order valence-corrected chi connectivity index (χ1v) is 11.4. The quantitative estimate of drug-likeness (QED) is 0.0483. The number of carbonyl (C=O) groups is 2. The zero-order valence-corrected chi connectivity index (χ0v) is 20.0. The van der Waals surface area contributed by atoms with Gasteiger partial charge in [0.25, 0.3) is 0 Å². The van der Waals surface area contributed by atoms with Crippen LogP contribution in [0.5, 0.6) is 0 Å². The molecule has 0 aromatic heterocycles. The highest BCUT2D eigenvalue weighted by Crippen LogP contribution is 2.32. The Morgan fingerprint density at radius 2 is 1.59 bits per heavy atom. The van der Waals surface area contributed by atoms with Crippen LogP contribution < -0.4 is 0 Å².